The molecule has 0 atom stereocenters. The summed E-state index contributed by atoms with van der Waals surface area (Å²) in [6.07, 6.45) is 0. The summed E-state index contributed by atoms with van der Waals surface area (Å²) in [5, 5.41) is 12.3. The Hall–Kier alpha value is -4.97. The van der Waals surface area contributed by atoms with E-state index in [9.17, 15) is 4.79 Å². The van der Waals surface area contributed by atoms with Gasteiger partial charge in [0, 0.05) is 16.8 Å². The lowest BCUT2D eigenvalue weighted by Crippen LogP contribution is -2.13. The van der Waals surface area contributed by atoms with E-state index in [0.717, 1.165) is 28.1 Å². The van der Waals surface area contributed by atoms with Crippen LogP contribution in [0.3, 0.4) is 0 Å². The van der Waals surface area contributed by atoms with Gasteiger partial charge in [-0.15, -0.1) is 10.2 Å². The average Bonchev–Trinajstić information content (AvgIpc) is 2.98. The molecule has 1 N–H and O–H groups in total. The van der Waals surface area contributed by atoms with E-state index < -0.39 is 5.97 Å². The quantitative estimate of drug-likeness (QED) is 0.214. The van der Waals surface area contributed by atoms with Crippen LogP contribution >= 0.6 is 0 Å². The highest BCUT2D eigenvalue weighted by Crippen LogP contribution is 2.37. The molecule has 0 radical (unpaired) electrons. The third-order valence-electron chi connectivity index (χ3n) is 5.93. The van der Waals surface area contributed by atoms with Crippen molar-refractivity contribution in [2.45, 2.75) is 13.5 Å². The Labute approximate surface area is 221 Å². The number of benzene rings is 4. The lowest BCUT2D eigenvalue weighted by molar-refractivity contribution is 0.0528. The van der Waals surface area contributed by atoms with E-state index in [-0.39, 0.29) is 6.61 Å². The number of nitrogens with one attached hydrogen (secondary N) is 1. The van der Waals surface area contributed by atoms with Crippen molar-refractivity contribution in [2.75, 3.05) is 11.9 Å². The van der Waals surface area contributed by atoms with E-state index in [2.05, 4.69) is 15.5 Å². The summed E-state index contributed by atoms with van der Waals surface area (Å²) in [7, 11) is 0. The Bertz CT molecular complexity index is 1490. The van der Waals surface area contributed by atoms with Gasteiger partial charge in [0.15, 0.2) is 5.82 Å². The molecule has 0 spiro atoms. The molecule has 0 amide bonds. The summed E-state index contributed by atoms with van der Waals surface area (Å²) in [5.74, 6) is 0.587. The lowest BCUT2D eigenvalue weighted by atomic mass is 9.95. The Morgan fingerprint density at radius 1 is 0.737 bits per heavy atom. The van der Waals surface area contributed by atoms with Gasteiger partial charge in [0.25, 0.3) is 0 Å². The van der Waals surface area contributed by atoms with Crippen molar-refractivity contribution in [3.8, 4) is 28.1 Å². The molecule has 0 aliphatic heterocycles. The zero-order valence-electron chi connectivity index (χ0n) is 21.0. The van der Waals surface area contributed by atoms with Crippen LogP contribution in [0.5, 0.6) is 5.75 Å². The fourth-order valence-corrected chi connectivity index (χ4v) is 4.12. The van der Waals surface area contributed by atoms with E-state index in [1.165, 1.54) is 0 Å². The number of rotatable bonds is 9. The molecule has 0 fully saturated rings. The van der Waals surface area contributed by atoms with Crippen LogP contribution in [0.4, 0.5) is 11.5 Å². The van der Waals surface area contributed by atoms with Gasteiger partial charge in [-0.05, 0) is 42.3 Å². The zero-order chi connectivity index (χ0) is 26.2. The van der Waals surface area contributed by atoms with Crippen LogP contribution in [0.2, 0.25) is 0 Å². The van der Waals surface area contributed by atoms with E-state index in [0.29, 0.717) is 29.2 Å². The summed E-state index contributed by atoms with van der Waals surface area (Å²) >= 11 is 0. The molecule has 4 aromatic carbocycles. The molecule has 188 valence electrons. The molecular weight excluding hydrogens is 474 g/mol. The number of carbonyl (C=O) groups excluding carboxylic acids is 1. The topological polar surface area (TPSA) is 73.3 Å². The smallest absolute Gasteiger partial charge is 0.342 e. The molecule has 0 saturated heterocycles. The van der Waals surface area contributed by atoms with Gasteiger partial charge in [-0.25, -0.2) is 4.79 Å². The Balaban J connectivity index is 1.51. The summed E-state index contributed by atoms with van der Waals surface area (Å²) in [4.78, 5) is 13.4. The number of anilines is 2. The maximum atomic E-state index is 13.4. The fraction of sp³-hybridized carbons (Fsp3) is 0.0938. The number of carbonyl (C=O) groups is 1. The monoisotopic (exact) mass is 501 g/mol. The molecule has 6 nitrogen and oxygen atoms in total. The minimum Gasteiger partial charge on any atom is -0.489 e. The molecule has 0 bridgehead atoms. The van der Waals surface area contributed by atoms with E-state index in [1.54, 1.807) is 6.92 Å². The van der Waals surface area contributed by atoms with Gasteiger partial charge < -0.3 is 14.8 Å². The largest absolute Gasteiger partial charge is 0.489 e. The van der Waals surface area contributed by atoms with Crippen molar-refractivity contribution in [2.24, 2.45) is 0 Å². The van der Waals surface area contributed by atoms with Crippen molar-refractivity contribution in [3.63, 3.8) is 0 Å². The van der Waals surface area contributed by atoms with Crippen molar-refractivity contribution in [3.05, 3.63) is 126 Å². The first-order chi connectivity index (χ1) is 18.7. The third kappa shape index (κ3) is 5.71. The van der Waals surface area contributed by atoms with Gasteiger partial charge in [0.2, 0.25) is 0 Å². The first-order valence-corrected chi connectivity index (χ1v) is 12.5. The van der Waals surface area contributed by atoms with Crippen LogP contribution in [0.25, 0.3) is 22.4 Å². The summed E-state index contributed by atoms with van der Waals surface area (Å²) < 4.78 is 11.4. The van der Waals surface area contributed by atoms with Crippen molar-refractivity contribution in [1.82, 2.24) is 10.2 Å². The molecule has 1 heterocycles. The minimum atomic E-state index is -0.469. The van der Waals surface area contributed by atoms with Gasteiger partial charge in [0.1, 0.15) is 23.6 Å². The van der Waals surface area contributed by atoms with Crippen molar-refractivity contribution >= 4 is 17.5 Å². The highest BCUT2D eigenvalue weighted by Gasteiger charge is 2.25. The molecular formula is C32H27N3O3. The van der Waals surface area contributed by atoms with Crippen LogP contribution in [0, 0.1) is 0 Å². The first-order valence-electron chi connectivity index (χ1n) is 12.5. The maximum Gasteiger partial charge on any atom is 0.342 e. The molecule has 5 aromatic rings. The molecule has 5 rings (SSSR count). The second-order valence-corrected chi connectivity index (χ2v) is 8.52. The highest BCUT2D eigenvalue weighted by atomic mass is 16.5. The van der Waals surface area contributed by atoms with E-state index in [1.807, 2.05) is 115 Å². The molecule has 0 aliphatic rings. The normalized spacial score (nSPS) is 10.6. The molecule has 0 saturated carbocycles. The predicted octanol–water partition coefficient (Wildman–Crippen LogP) is 7.31. The highest BCUT2D eigenvalue weighted by molar-refractivity contribution is 6.05. The molecule has 38 heavy (non-hydrogen) atoms. The molecule has 0 aliphatic carbocycles. The molecule has 1 aromatic heterocycles. The second-order valence-electron chi connectivity index (χ2n) is 8.52. The average molecular weight is 502 g/mol. The number of ether oxygens (including phenoxy) is 2. The third-order valence-corrected chi connectivity index (χ3v) is 5.93. The zero-order valence-corrected chi connectivity index (χ0v) is 21.0. The van der Waals surface area contributed by atoms with Gasteiger partial charge in [-0.2, -0.15) is 0 Å². The SMILES string of the molecule is CCOC(=O)c1c(Nc2ccc(OCc3ccccc3)cc2)nnc(-c2ccccc2)c1-c1ccccc1. The van der Waals surface area contributed by atoms with Gasteiger partial charge in [0.05, 0.1) is 6.61 Å². The number of hydrogen-bond acceptors (Lipinski definition) is 6. The van der Waals surface area contributed by atoms with Crippen LogP contribution in [0.1, 0.15) is 22.8 Å². The van der Waals surface area contributed by atoms with Gasteiger partial charge >= 0.3 is 5.97 Å². The fourth-order valence-electron chi connectivity index (χ4n) is 4.12. The number of aromatic nitrogens is 2. The summed E-state index contributed by atoms with van der Waals surface area (Å²) in [6, 6.07) is 36.9. The van der Waals surface area contributed by atoms with Crippen LogP contribution in [-0.4, -0.2) is 22.8 Å². The standard InChI is InChI=1S/C32H27N3O3/c1-2-37-32(36)29-28(24-14-8-4-9-15-24)30(25-16-10-5-11-17-25)34-35-31(29)33-26-18-20-27(21-19-26)38-22-23-12-6-3-7-13-23/h3-21H,2,22H2,1H3,(H,33,35). The maximum absolute atomic E-state index is 13.4. The van der Waals surface area contributed by atoms with E-state index in [4.69, 9.17) is 9.47 Å². The number of hydrogen-bond donors (Lipinski definition) is 1. The number of esters is 1. The minimum absolute atomic E-state index is 0.239. The Kier molecular flexibility index (Phi) is 7.70. The van der Waals surface area contributed by atoms with Crippen molar-refractivity contribution < 1.29 is 14.3 Å². The Morgan fingerprint density at radius 3 is 1.97 bits per heavy atom. The lowest BCUT2D eigenvalue weighted by Gasteiger charge is -2.17. The van der Waals surface area contributed by atoms with E-state index >= 15 is 0 Å². The predicted molar refractivity (Wildman–Crippen MR) is 149 cm³/mol. The second kappa shape index (κ2) is 11.8. The Morgan fingerprint density at radius 2 is 1.34 bits per heavy atom. The summed E-state index contributed by atoms with van der Waals surface area (Å²) in [6.45, 7) is 2.50. The number of nitrogens with zero attached hydrogens (tertiary/aromatic N) is 2. The van der Waals surface area contributed by atoms with Crippen LogP contribution < -0.4 is 10.1 Å². The first kappa shape index (κ1) is 24.7. The van der Waals surface area contributed by atoms with Crippen LogP contribution in [0.15, 0.2) is 115 Å². The van der Waals surface area contributed by atoms with Gasteiger partial charge in [-0.3, -0.25) is 0 Å². The van der Waals surface area contributed by atoms with Gasteiger partial charge in [-0.1, -0.05) is 91.0 Å². The van der Waals surface area contributed by atoms with Crippen LogP contribution in [-0.2, 0) is 11.3 Å². The summed E-state index contributed by atoms with van der Waals surface area (Å²) in [5.41, 5.74) is 5.13. The van der Waals surface area contributed by atoms with Crippen molar-refractivity contribution in [1.29, 1.82) is 0 Å². The molecule has 6 heteroatoms. The molecule has 0 unspecified atom stereocenters.